The van der Waals surface area contributed by atoms with Crippen LogP contribution in [0.25, 0.3) is 10.9 Å². The highest BCUT2D eigenvalue weighted by Gasteiger charge is 2.37. The van der Waals surface area contributed by atoms with Crippen LogP contribution in [0.3, 0.4) is 0 Å². The number of methoxy groups -OCH3 is 1. The quantitative estimate of drug-likeness (QED) is 0.331. The summed E-state index contributed by atoms with van der Waals surface area (Å²) < 4.78 is 26.8. The van der Waals surface area contributed by atoms with Crippen LogP contribution in [0, 0.1) is 23.6 Å². The van der Waals surface area contributed by atoms with Crippen LogP contribution >= 0.6 is 44.5 Å². The van der Waals surface area contributed by atoms with Crippen molar-refractivity contribution in [3.63, 3.8) is 0 Å². The average molecular weight is 603 g/mol. The Morgan fingerprint density at radius 2 is 1.94 bits per heavy atom. The normalized spacial score (nSPS) is 21.5. The Morgan fingerprint density at radius 1 is 1.18 bits per heavy atom. The monoisotopic (exact) mass is 600 g/mol. The van der Waals surface area contributed by atoms with Crippen LogP contribution in [0.5, 0.6) is 11.5 Å². The summed E-state index contributed by atoms with van der Waals surface area (Å²) in [6.45, 7) is 2.91. The summed E-state index contributed by atoms with van der Waals surface area (Å²) in [4.78, 5) is 8.67. The van der Waals surface area contributed by atoms with E-state index in [1.54, 1.807) is 19.2 Å². The first-order valence-corrected chi connectivity index (χ1v) is 11.8. The van der Waals surface area contributed by atoms with Gasteiger partial charge in [-0.3, -0.25) is 0 Å². The molecule has 6 nitrogen and oxygen atoms in total. The molecule has 0 spiro atoms. The maximum Gasteiger partial charge on any atom is 0.166 e. The standard InChI is InChI=1S/C23H23BrClFN4O2.BrH/c1-31-19-6-15-18(7-20(19)32-10-12-4-13-8-27-9-14(13)5-12)28-11-29-23(15)30-17-3-2-16(24)21(25)22(17)26;/h2-3,6-7,11-14,27H,4-5,8-10H2,1H3,(H,28,29,30);1H/t12-,13+,14-;. The van der Waals surface area contributed by atoms with Crippen molar-refractivity contribution < 1.29 is 13.9 Å². The van der Waals surface area contributed by atoms with E-state index in [0.29, 0.717) is 45.2 Å². The lowest BCUT2D eigenvalue weighted by molar-refractivity contribution is 0.234. The third kappa shape index (κ3) is 4.92. The lowest BCUT2D eigenvalue weighted by Gasteiger charge is -2.17. The molecule has 2 aliphatic rings. The first kappa shape index (κ1) is 24.4. The Labute approximate surface area is 215 Å². The predicted molar refractivity (Wildman–Crippen MR) is 137 cm³/mol. The number of nitrogens with one attached hydrogen (secondary N) is 2. The maximum atomic E-state index is 14.6. The number of rotatable bonds is 6. The van der Waals surface area contributed by atoms with E-state index >= 15 is 0 Å². The number of aromatic nitrogens is 2. The van der Waals surface area contributed by atoms with E-state index in [2.05, 4.69) is 36.5 Å². The van der Waals surface area contributed by atoms with Crippen molar-refractivity contribution in [2.24, 2.45) is 17.8 Å². The second-order valence-electron chi connectivity index (χ2n) is 8.42. The maximum absolute atomic E-state index is 14.6. The largest absolute Gasteiger partial charge is 0.493 e. The number of hydrogen-bond donors (Lipinski definition) is 2. The van der Waals surface area contributed by atoms with E-state index < -0.39 is 5.82 Å². The summed E-state index contributed by atoms with van der Waals surface area (Å²) in [5, 5.41) is 7.19. The molecule has 0 radical (unpaired) electrons. The molecule has 1 aliphatic carbocycles. The van der Waals surface area contributed by atoms with Crippen molar-refractivity contribution in [3.8, 4) is 11.5 Å². The molecule has 0 unspecified atom stereocenters. The Hall–Kier alpha value is -1.68. The van der Waals surface area contributed by atoms with Crippen LogP contribution in [0.1, 0.15) is 12.8 Å². The van der Waals surface area contributed by atoms with Gasteiger partial charge in [-0.15, -0.1) is 17.0 Å². The van der Waals surface area contributed by atoms with Gasteiger partial charge in [-0.1, -0.05) is 11.6 Å². The van der Waals surface area contributed by atoms with Gasteiger partial charge in [-0.2, -0.15) is 0 Å². The van der Waals surface area contributed by atoms with Crippen LogP contribution in [0.4, 0.5) is 15.9 Å². The van der Waals surface area contributed by atoms with Crippen molar-refractivity contribution in [2.45, 2.75) is 12.8 Å². The SMILES string of the molecule is Br.COc1cc2c(Nc3ccc(Br)c(Cl)c3F)ncnc2cc1OC[C@@H]1C[C@H]2CNC[C@H]2C1. The zero-order valence-corrected chi connectivity index (χ0v) is 22.0. The average Bonchev–Trinajstić information content (AvgIpc) is 3.39. The van der Waals surface area contributed by atoms with Gasteiger partial charge in [0.2, 0.25) is 0 Å². The Morgan fingerprint density at radius 3 is 2.67 bits per heavy atom. The molecule has 0 bridgehead atoms. The van der Waals surface area contributed by atoms with Crippen molar-refractivity contribution in [3.05, 3.63) is 45.9 Å². The summed E-state index contributed by atoms with van der Waals surface area (Å²) in [7, 11) is 1.60. The minimum absolute atomic E-state index is 0. The second kappa shape index (κ2) is 10.3. The van der Waals surface area contributed by atoms with Gasteiger partial charge in [0.05, 0.1) is 29.9 Å². The molecule has 1 aliphatic heterocycles. The zero-order chi connectivity index (χ0) is 22.2. The third-order valence-electron chi connectivity index (χ3n) is 6.44. The summed E-state index contributed by atoms with van der Waals surface area (Å²) in [5.74, 6) is 3.24. The molecule has 1 aromatic heterocycles. The molecular formula is C23H24Br2ClFN4O2. The molecule has 33 heavy (non-hydrogen) atoms. The van der Waals surface area contributed by atoms with Gasteiger partial charge in [0, 0.05) is 15.9 Å². The molecule has 2 heterocycles. The van der Waals surface area contributed by atoms with Crippen LogP contribution in [-0.2, 0) is 0 Å². The molecule has 176 valence electrons. The summed E-state index contributed by atoms with van der Waals surface area (Å²) >= 11 is 9.25. The van der Waals surface area contributed by atoms with Gasteiger partial charge in [0.1, 0.15) is 12.1 Å². The van der Waals surface area contributed by atoms with Crippen molar-refractivity contribution in [1.82, 2.24) is 15.3 Å². The minimum Gasteiger partial charge on any atom is -0.493 e. The van der Waals surface area contributed by atoms with Gasteiger partial charge in [-0.05, 0) is 77.8 Å². The summed E-state index contributed by atoms with van der Waals surface area (Å²) in [5.41, 5.74) is 0.896. The van der Waals surface area contributed by atoms with Crippen LogP contribution < -0.4 is 20.1 Å². The highest BCUT2D eigenvalue weighted by Crippen LogP contribution is 2.40. The Balaban J connectivity index is 0.00000259. The third-order valence-corrected chi connectivity index (χ3v) is 7.69. The summed E-state index contributed by atoms with van der Waals surface area (Å²) in [6, 6.07) is 6.94. The molecule has 2 fully saturated rings. The first-order chi connectivity index (χ1) is 15.5. The van der Waals surface area contributed by atoms with Crippen LogP contribution in [0.2, 0.25) is 5.02 Å². The Kier molecular flexibility index (Phi) is 7.63. The van der Waals surface area contributed by atoms with Gasteiger partial charge in [0.15, 0.2) is 17.3 Å². The molecular weight excluding hydrogens is 579 g/mol. The van der Waals surface area contributed by atoms with Gasteiger partial charge in [-0.25, -0.2) is 14.4 Å². The molecule has 2 N–H and O–H groups in total. The molecule has 1 saturated carbocycles. The Bertz CT molecular complexity index is 1160. The highest BCUT2D eigenvalue weighted by atomic mass is 79.9. The van der Waals surface area contributed by atoms with E-state index in [0.717, 1.165) is 24.9 Å². The molecule has 3 atom stereocenters. The van der Waals surface area contributed by atoms with Crippen molar-refractivity contribution in [2.75, 3.05) is 32.1 Å². The van der Waals surface area contributed by atoms with Crippen molar-refractivity contribution >= 4 is 66.9 Å². The van der Waals surface area contributed by atoms with Gasteiger partial charge >= 0.3 is 0 Å². The summed E-state index contributed by atoms with van der Waals surface area (Å²) in [6.07, 6.45) is 3.83. The fraction of sp³-hybridized carbons (Fsp3) is 0.391. The molecule has 2 aromatic carbocycles. The van der Waals surface area contributed by atoms with Crippen LogP contribution in [-0.4, -0.2) is 36.8 Å². The fourth-order valence-electron chi connectivity index (χ4n) is 4.82. The predicted octanol–water partition coefficient (Wildman–Crippen LogP) is 6.14. The number of fused-ring (bicyclic) bond motifs is 2. The molecule has 10 heteroatoms. The van der Waals surface area contributed by atoms with E-state index in [1.165, 1.54) is 19.2 Å². The zero-order valence-electron chi connectivity index (χ0n) is 17.9. The number of ether oxygens (including phenoxy) is 2. The molecule has 3 aromatic rings. The van der Waals surface area contributed by atoms with Crippen molar-refractivity contribution in [1.29, 1.82) is 0 Å². The number of anilines is 2. The first-order valence-electron chi connectivity index (χ1n) is 10.6. The van der Waals surface area contributed by atoms with E-state index in [1.807, 2.05) is 12.1 Å². The molecule has 1 saturated heterocycles. The van der Waals surface area contributed by atoms with Gasteiger partial charge < -0.3 is 20.1 Å². The molecule has 5 rings (SSSR count). The number of benzene rings is 2. The lowest BCUT2D eigenvalue weighted by Crippen LogP contribution is -2.15. The van der Waals surface area contributed by atoms with E-state index in [-0.39, 0.29) is 27.7 Å². The topological polar surface area (TPSA) is 68.3 Å². The van der Waals surface area contributed by atoms with Gasteiger partial charge in [0.25, 0.3) is 0 Å². The van der Waals surface area contributed by atoms with E-state index in [4.69, 9.17) is 21.1 Å². The minimum atomic E-state index is -0.559. The number of nitrogens with zero attached hydrogens (tertiary/aromatic N) is 2. The van der Waals surface area contributed by atoms with Crippen LogP contribution in [0.15, 0.2) is 35.1 Å². The smallest absolute Gasteiger partial charge is 0.166 e. The van der Waals surface area contributed by atoms with E-state index in [9.17, 15) is 4.39 Å². The second-order valence-corrected chi connectivity index (χ2v) is 9.65. The fourth-order valence-corrected chi connectivity index (χ4v) is 5.29. The number of halogens is 4. The molecule has 0 amide bonds. The number of hydrogen-bond acceptors (Lipinski definition) is 6. The highest BCUT2D eigenvalue weighted by molar-refractivity contribution is 9.10. The lowest BCUT2D eigenvalue weighted by atomic mass is 10.0.